The number of alkyl halides is 3. The van der Waals surface area contributed by atoms with Crippen LogP contribution in [-0.2, 0) is 20.5 Å². The van der Waals surface area contributed by atoms with Gasteiger partial charge in [-0.25, -0.2) is 0 Å². The maximum absolute atomic E-state index is 12.8. The lowest BCUT2D eigenvalue weighted by atomic mass is 9.94. The second-order valence-corrected chi connectivity index (χ2v) is 8.11. The molecule has 2 atom stereocenters. The van der Waals surface area contributed by atoms with E-state index in [1.54, 1.807) is 0 Å². The molecule has 0 bridgehead atoms. The summed E-state index contributed by atoms with van der Waals surface area (Å²) >= 11 is 0. The standard InChI is InChI=1S/C21H25F3N2O3/c22-21(23,24)16-3-1-14(2-4-16)17-13-18(17)20(28)25-7-5-15(6-8-25)19(27)26-9-11-29-12-10-26/h1-4,15,17-18H,5-13H2. The number of nitrogens with zero attached hydrogens (tertiary/aromatic N) is 2. The first-order valence-electron chi connectivity index (χ1n) is 10.2. The molecular formula is C21H25F3N2O3. The first-order valence-corrected chi connectivity index (χ1v) is 10.2. The lowest BCUT2D eigenvalue weighted by Crippen LogP contribution is -2.47. The van der Waals surface area contributed by atoms with Crippen LogP contribution in [0.3, 0.4) is 0 Å². The Kier molecular flexibility index (Phi) is 5.55. The van der Waals surface area contributed by atoms with E-state index in [0.717, 1.165) is 17.7 Å². The maximum atomic E-state index is 12.8. The summed E-state index contributed by atoms with van der Waals surface area (Å²) < 4.78 is 43.4. The lowest BCUT2D eigenvalue weighted by Gasteiger charge is -2.35. The van der Waals surface area contributed by atoms with Crippen molar-refractivity contribution >= 4 is 11.8 Å². The molecule has 2 saturated heterocycles. The summed E-state index contributed by atoms with van der Waals surface area (Å²) in [6.07, 6.45) is -2.34. The Morgan fingerprint density at radius 3 is 2.07 bits per heavy atom. The molecule has 1 aromatic carbocycles. The van der Waals surface area contributed by atoms with Crippen LogP contribution in [0.4, 0.5) is 13.2 Å². The van der Waals surface area contributed by atoms with Gasteiger partial charge in [-0.2, -0.15) is 13.2 Å². The van der Waals surface area contributed by atoms with Crippen molar-refractivity contribution in [3.05, 3.63) is 35.4 Å². The molecule has 5 nitrogen and oxygen atoms in total. The molecule has 0 N–H and O–H groups in total. The van der Waals surface area contributed by atoms with Crippen LogP contribution in [0.15, 0.2) is 24.3 Å². The third kappa shape index (κ3) is 4.42. The van der Waals surface area contributed by atoms with E-state index in [4.69, 9.17) is 4.74 Å². The van der Waals surface area contributed by atoms with E-state index >= 15 is 0 Å². The van der Waals surface area contributed by atoms with Gasteiger partial charge in [-0.05, 0) is 42.9 Å². The summed E-state index contributed by atoms with van der Waals surface area (Å²) in [5, 5.41) is 0. The topological polar surface area (TPSA) is 49.9 Å². The Morgan fingerprint density at radius 2 is 1.48 bits per heavy atom. The lowest BCUT2D eigenvalue weighted by molar-refractivity contribution is -0.144. The van der Waals surface area contributed by atoms with E-state index in [9.17, 15) is 22.8 Å². The Hall–Kier alpha value is -2.09. The van der Waals surface area contributed by atoms with Gasteiger partial charge in [0, 0.05) is 38.0 Å². The number of carbonyl (C=O) groups is 2. The Morgan fingerprint density at radius 1 is 0.897 bits per heavy atom. The summed E-state index contributed by atoms with van der Waals surface area (Å²) in [5.74, 6) is 0.0272. The van der Waals surface area contributed by atoms with Crippen LogP contribution >= 0.6 is 0 Å². The maximum Gasteiger partial charge on any atom is 0.416 e. The fourth-order valence-electron chi connectivity index (χ4n) is 4.38. The predicted octanol–water partition coefficient (Wildman–Crippen LogP) is 2.91. The molecule has 3 aliphatic rings. The van der Waals surface area contributed by atoms with E-state index in [1.165, 1.54) is 12.1 Å². The molecule has 2 unspecified atom stereocenters. The number of halogens is 3. The highest BCUT2D eigenvalue weighted by Gasteiger charge is 2.46. The first kappa shape index (κ1) is 20.2. The molecule has 2 amide bonds. The number of carbonyl (C=O) groups excluding carboxylic acids is 2. The smallest absolute Gasteiger partial charge is 0.378 e. The third-order valence-electron chi connectivity index (χ3n) is 6.25. The average molecular weight is 410 g/mol. The van der Waals surface area contributed by atoms with Gasteiger partial charge in [0.15, 0.2) is 0 Å². The van der Waals surface area contributed by atoms with Crippen molar-refractivity contribution in [3.8, 4) is 0 Å². The van der Waals surface area contributed by atoms with Gasteiger partial charge in [0.1, 0.15) is 0 Å². The molecule has 1 aromatic rings. The molecular weight excluding hydrogens is 385 g/mol. The first-order chi connectivity index (χ1) is 13.8. The number of likely N-dealkylation sites (tertiary alicyclic amines) is 1. The minimum Gasteiger partial charge on any atom is -0.378 e. The van der Waals surface area contributed by atoms with Crippen molar-refractivity contribution in [1.29, 1.82) is 0 Å². The zero-order valence-corrected chi connectivity index (χ0v) is 16.2. The molecule has 0 aromatic heterocycles. The van der Waals surface area contributed by atoms with Crippen LogP contribution in [0.5, 0.6) is 0 Å². The number of hydrogen-bond donors (Lipinski definition) is 0. The number of amides is 2. The van der Waals surface area contributed by atoms with Crippen molar-refractivity contribution in [3.63, 3.8) is 0 Å². The Labute approximate surface area is 167 Å². The Bertz CT molecular complexity index is 751. The SMILES string of the molecule is O=C(C1CCN(C(=O)C2CC2c2ccc(C(F)(F)F)cc2)CC1)N1CCOCC1. The summed E-state index contributed by atoms with van der Waals surface area (Å²) in [4.78, 5) is 29.1. The number of benzene rings is 1. The van der Waals surface area contributed by atoms with E-state index in [1.807, 2.05) is 9.80 Å². The van der Waals surface area contributed by atoms with Gasteiger partial charge in [0.25, 0.3) is 0 Å². The van der Waals surface area contributed by atoms with Crippen LogP contribution in [0.2, 0.25) is 0 Å². The minimum atomic E-state index is -4.35. The van der Waals surface area contributed by atoms with Gasteiger partial charge in [-0.1, -0.05) is 12.1 Å². The summed E-state index contributed by atoms with van der Waals surface area (Å²) in [6.45, 7) is 3.56. The second kappa shape index (κ2) is 7.97. The number of rotatable bonds is 3. The molecule has 2 heterocycles. The van der Waals surface area contributed by atoms with Crippen LogP contribution in [-0.4, -0.2) is 61.0 Å². The van der Waals surface area contributed by atoms with Crippen molar-refractivity contribution in [2.75, 3.05) is 39.4 Å². The molecule has 158 valence electrons. The molecule has 0 radical (unpaired) electrons. The summed E-state index contributed by atoms with van der Waals surface area (Å²) in [7, 11) is 0. The van der Waals surface area contributed by atoms with Crippen molar-refractivity contribution in [1.82, 2.24) is 9.80 Å². The van der Waals surface area contributed by atoms with E-state index in [0.29, 0.717) is 58.7 Å². The monoisotopic (exact) mass is 410 g/mol. The fraction of sp³-hybridized carbons (Fsp3) is 0.619. The molecule has 0 spiro atoms. The quantitative estimate of drug-likeness (QED) is 0.770. The highest BCUT2D eigenvalue weighted by molar-refractivity contribution is 5.84. The van der Waals surface area contributed by atoms with Gasteiger partial charge in [-0.3, -0.25) is 9.59 Å². The number of hydrogen-bond acceptors (Lipinski definition) is 3. The Balaban J connectivity index is 1.28. The third-order valence-corrected chi connectivity index (χ3v) is 6.25. The van der Waals surface area contributed by atoms with E-state index in [2.05, 4.69) is 0 Å². The summed E-state index contributed by atoms with van der Waals surface area (Å²) in [5.41, 5.74) is 0.116. The molecule has 1 aliphatic carbocycles. The van der Waals surface area contributed by atoms with Crippen molar-refractivity contribution in [2.24, 2.45) is 11.8 Å². The van der Waals surface area contributed by atoms with Gasteiger partial charge in [0.2, 0.25) is 11.8 Å². The highest BCUT2D eigenvalue weighted by atomic mass is 19.4. The predicted molar refractivity (Wildman–Crippen MR) is 99.0 cm³/mol. The largest absolute Gasteiger partial charge is 0.416 e. The molecule has 8 heteroatoms. The molecule has 29 heavy (non-hydrogen) atoms. The number of piperidine rings is 1. The van der Waals surface area contributed by atoms with Crippen molar-refractivity contribution in [2.45, 2.75) is 31.4 Å². The van der Waals surface area contributed by atoms with Gasteiger partial charge >= 0.3 is 6.18 Å². The number of morpholine rings is 1. The minimum absolute atomic E-state index is 0.00232. The van der Waals surface area contributed by atoms with Gasteiger partial charge < -0.3 is 14.5 Å². The van der Waals surface area contributed by atoms with Crippen LogP contribution in [0, 0.1) is 11.8 Å². The molecule has 4 rings (SSSR count). The van der Waals surface area contributed by atoms with E-state index < -0.39 is 11.7 Å². The van der Waals surface area contributed by atoms with Crippen LogP contribution in [0.25, 0.3) is 0 Å². The zero-order chi connectivity index (χ0) is 20.6. The highest BCUT2D eigenvalue weighted by Crippen LogP contribution is 2.49. The summed E-state index contributed by atoms with van der Waals surface area (Å²) in [6, 6.07) is 5.12. The van der Waals surface area contributed by atoms with Gasteiger partial charge in [-0.15, -0.1) is 0 Å². The normalized spacial score (nSPS) is 25.8. The number of ether oxygens (including phenoxy) is 1. The van der Waals surface area contributed by atoms with Gasteiger partial charge in [0.05, 0.1) is 18.8 Å². The fourth-order valence-corrected chi connectivity index (χ4v) is 4.38. The molecule has 1 saturated carbocycles. The van der Waals surface area contributed by atoms with Crippen LogP contribution in [0.1, 0.15) is 36.3 Å². The molecule has 2 aliphatic heterocycles. The average Bonchev–Trinajstić information content (AvgIpc) is 3.54. The zero-order valence-electron chi connectivity index (χ0n) is 16.2. The second-order valence-electron chi connectivity index (χ2n) is 8.11. The van der Waals surface area contributed by atoms with Crippen LogP contribution < -0.4 is 0 Å². The molecule has 3 fully saturated rings. The van der Waals surface area contributed by atoms with E-state index in [-0.39, 0.29) is 29.6 Å². The van der Waals surface area contributed by atoms with Crippen molar-refractivity contribution < 1.29 is 27.5 Å².